The minimum atomic E-state index is 0.746. The number of ether oxygens (including phenoxy) is 1. The van der Waals surface area contributed by atoms with Gasteiger partial charge in [-0.15, -0.1) is 0 Å². The Morgan fingerprint density at radius 2 is 1.95 bits per heavy atom. The van der Waals surface area contributed by atoms with Crippen LogP contribution in [0.15, 0.2) is 60.9 Å². The quantitative estimate of drug-likeness (QED) is 0.626. The molecule has 1 N–H and O–H groups in total. The number of aromatic nitrogens is 3. The van der Waals surface area contributed by atoms with Crippen molar-refractivity contribution < 1.29 is 4.74 Å². The van der Waals surface area contributed by atoms with Crippen LogP contribution < -0.4 is 10.1 Å². The first-order valence-electron chi connectivity index (χ1n) is 6.97. The van der Waals surface area contributed by atoms with E-state index < -0.39 is 0 Å². The summed E-state index contributed by atoms with van der Waals surface area (Å²) in [5, 5.41) is 3.27. The molecule has 4 rings (SSSR count). The Morgan fingerprint density at radius 1 is 1.05 bits per heavy atom. The molecule has 2 heterocycles. The van der Waals surface area contributed by atoms with Crippen molar-refractivity contribution in [2.75, 3.05) is 12.4 Å². The van der Waals surface area contributed by atoms with E-state index in [0.717, 1.165) is 33.9 Å². The van der Waals surface area contributed by atoms with Gasteiger partial charge in [0.2, 0.25) is 0 Å². The van der Waals surface area contributed by atoms with E-state index in [1.54, 1.807) is 13.4 Å². The van der Waals surface area contributed by atoms with Crippen LogP contribution in [0.4, 0.5) is 11.5 Å². The fourth-order valence-corrected chi connectivity index (χ4v) is 2.48. The lowest BCUT2D eigenvalue weighted by atomic mass is 10.3. The van der Waals surface area contributed by atoms with E-state index >= 15 is 0 Å². The summed E-state index contributed by atoms with van der Waals surface area (Å²) in [7, 11) is 1.65. The Hall–Kier alpha value is -3.08. The van der Waals surface area contributed by atoms with Gasteiger partial charge >= 0.3 is 0 Å². The second-order valence-electron chi connectivity index (χ2n) is 4.96. The molecule has 0 bridgehead atoms. The van der Waals surface area contributed by atoms with Gasteiger partial charge in [0.05, 0.1) is 18.1 Å². The maximum atomic E-state index is 5.23. The van der Waals surface area contributed by atoms with Crippen LogP contribution in [0.25, 0.3) is 16.7 Å². The van der Waals surface area contributed by atoms with E-state index in [4.69, 9.17) is 4.74 Å². The van der Waals surface area contributed by atoms with Crippen LogP contribution in [0.3, 0.4) is 0 Å². The highest BCUT2D eigenvalue weighted by Gasteiger charge is 2.05. The summed E-state index contributed by atoms with van der Waals surface area (Å²) in [5.41, 5.74) is 3.80. The molecule has 0 aliphatic heterocycles. The normalized spacial score (nSPS) is 11.0. The average Bonchev–Trinajstić information content (AvgIpc) is 2.92. The molecule has 0 saturated carbocycles. The first-order chi connectivity index (χ1) is 10.8. The van der Waals surface area contributed by atoms with E-state index in [2.05, 4.69) is 15.3 Å². The minimum Gasteiger partial charge on any atom is -0.497 e. The van der Waals surface area contributed by atoms with Crippen molar-refractivity contribution in [3.05, 3.63) is 60.9 Å². The molecule has 0 unspecified atom stereocenters. The van der Waals surface area contributed by atoms with E-state index in [0.29, 0.717) is 0 Å². The molecule has 4 aromatic rings. The lowest BCUT2D eigenvalue weighted by Crippen LogP contribution is -1.96. The zero-order valence-electron chi connectivity index (χ0n) is 12.0. The molecule has 5 heteroatoms. The summed E-state index contributed by atoms with van der Waals surface area (Å²) >= 11 is 0. The Bertz CT molecular complexity index is 961. The van der Waals surface area contributed by atoms with Gasteiger partial charge in [-0.25, -0.2) is 9.97 Å². The maximum absolute atomic E-state index is 5.23. The Labute approximate surface area is 127 Å². The molecule has 0 aliphatic carbocycles. The lowest BCUT2D eigenvalue weighted by molar-refractivity contribution is 0.415. The van der Waals surface area contributed by atoms with Crippen molar-refractivity contribution in [3.8, 4) is 5.75 Å². The first kappa shape index (κ1) is 12.6. The summed E-state index contributed by atoms with van der Waals surface area (Å²) in [4.78, 5) is 9.06. The van der Waals surface area contributed by atoms with Crippen molar-refractivity contribution in [1.29, 1.82) is 0 Å². The third-order valence-corrected chi connectivity index (χ3v) is 3.54. The monoisotopic (exact) mass is 290 g/mol. The SMILES string of the molecule is COc1cccc(Nc2cc3nc4ccccc4n3cn2)c1. The molecule has 0 saturated heterocycles. The van der Waals surface area contributed by atoms with Gasteiger partial charge < -0.3 is 10.1 Å². The summed E-state index contributed by atoms with van der Waals surface area (Å²) in [6.07, 6.45) is 1.78. The Kier molecular flexibility index (Phi) is 2.89. The molecule has 2 aromatic heterocycles. The number of benzene rings is 2. The summed E-state index contributed by atoms with van der Waals surface area (Å²) in [6.45, 7) is 0. The third kappa shape index (κ3) is 2.13. The number of hydrogen-bond acceptors (Lipinski definition) is 4. The van der Waals surface area contributed by atoms with Crippen LogP contribution in [0.2, 0.25) is 0 Å². The summed E-state index contributed by atoms with van der Waals surface area (Å²) < 4.78 is 7.20. The standard InChI is InChI=1S/C17H14N4O/c1-22-13-6-4-5-12(9-13)19-16-10-17-20-14-7-2-3-8-15(14)21(17)11-18-16/h2-11,19H,1H3. The maximum Gasteiger partial charge on any atom is 0.142 e. The highest BCUT2D eigenvalue weighted by Crippen LogP contribution is 2.22. The number of nitrogens with zero attached hydrogens (tertiary/aromatic N) is 3. The number of fused-ring (bicyclic) bond motifs is 3. The topological polar surface area (TPSA) is 51.5 Å². The van der Waals surface area contributed by atoms with Crippen molar-refractivity contribution >= 4 is 28.2 Å². The van der Waals surface area contributed by atoms with Gasteiger partial charge in [-0.3, -0.25) is 4.40 Å². The largest absolute Gasteiger partial charge is 0.497 e. The molecule has 2 aromatic carbocycles. The van der Waals surface area contributed by atoms with Crippen LogP contribution in [0.1, 0.15) is 0 Å². The average molecular weight is 290 g/mol. The smallest absolute Gasteiger partial charge is 0.142 e. The number of para-hydroxylation sites is 2. The van der Waals surface area contributed by atoms with Crippen LogP contribution >= 0.6 is 0 Å². The molecule has 22 heavy (non-hydrogen) atoms. The number of rotatable bonds is 3. The van der Waals surface area contributed by atoms with Gasteiger partial charge in [-0.2, -0.15) is 0 Å². The molecule has 0 radical (unpaired) electrons. The third-order valence-electron chi connectivity index (χ3n) is 3.54. The van der Waals surface area contributed by atoms with Crippen LogP contribution in [0, 0.1) is 0 Å². The van der Waals surface area contributed by atoms with Crippen molar-refractivity contribution in [3.63, 3.8) is 0 Å². The predicted octanol–water partition coefficient (Wildman–Crippen LogP) is 3.63. The molecule has 108 valence electrons. The first-order valence-corrected chi connectivity index (χ1v) is 6.97. The van der Waals surface area contributed by atoms with Gasteiger partial charge in [-0.1, -0.05) is 18.2 Å². The molecule has 0 spiro atoms. The van der Waals surface area contributed by atoms with Crippen molar-refractivity contribution in [2.45, 2.75) is 0 Å². The minimum absolute atomic E-state index is 0.746. The second-order valence-corrected chi connectivity index (χ2v) is 4.96. The van der Waals surface area contributed by atoms with Gasteiger partial charge in [0.1, 0.15) is 23.5 Å². The molecule has 5 nitrogen and oxygen atoms in total. The van der Waals surface area contributed by atoms with Gasteiger partial charge in [0.25, 0.3) is 0 Å². The van der Waals surface area contributed by atoms with E-state index in [1.807, 2.05) is 59.0 Å². The molecular formula is C17H14N4O. The number of hydrogen-bond donors (Lipinski definition) is 1. The van der Waals surface area contributed by atoms with Gasteiger partial charge in [0, 0.05) is 17.8 Å². The van der Waals surface area contributed by atoms with Crippen molar-refractivity contribution in [1.82, 2.24) is 14.4 Å². The van der Waals surface area contributed by atoms with Crippen molar-refractivity contribution in [2.24, 2.45) is 0 Å². The van der Waals surface area contributed by atoms with Crippen LogP contribution in [-0.2, 0) is 0 Å². The molecule has 0 amide bonds. The van der Waals surface area contributed by atoms with E-state index in [-0.39, 0.29) is 0 Å². The van der Waals surface area contributed by atoms with Gasteiger partial charge in [-0.05, 0) is 24.3 Å². The molecule has 0 atom stereocenters. The molecule has 0 fully saturated rings. The van der Waals surface area contributed by atoms with Crippen LogP contribution in [-0.4, -0.2) is 21.5 Å². The van der Waals surface area contributed by atoms with E-state index in [1.165, 1.54) is 0 Å². The lowest BCUT2D eigenvalue weighted by Gasteiger charge is -2.07. The number of methoxy groups -OCH3 is 1. The highest BCUT2D eigenvalue weighted by molar-refractivity contribution is 5.81. The number of anilines is 2. The number of imidazole rings is 1. The van der Waals surface area contributed by atoms with E-state index in [9.17, 15) is 0 Å². The zero-order chi connectivity index (χ0) is 14.9. The van der Waals surface area contributed by atoms with Gasteiger partial charge in [0.15, 0.2) is 0 Å². The van der Waals surface area contributed by atoms with Crippen LogP contribution in [0.5, 0.6) is 5.75 Å². The predicted molar refractivity (Wildman–Crippen MR) is 86.8 cm³/mol. The number of nitrogens with one attached hydrogen (secondary N) is 1. The Morgan fingerprint density at radius 3 is 2.86 bits per heavy atom. The molecular weight excluding hydrogens is 276 g/mol. The second kappa shape index (κ2) is 5.04. The Balaban J connectivity index is 1.74. The zero-order valence-corrected chi connectivity index (χ0v) is 12.0. The summed E-state index contributed by atoms with van der Waals surface area (Å²) in [5.74, 6) is 1.55. The fourth-order valence-electron chi connectivity index (χ4n) is 2.48. The highest BCUT2D eigenvalue weighted by atomic mass is 16.5. The fraction of sp³-hybridized carbons (Fsp3) is 0.0588. The molecule has 0 aliphatic rings. The summed E-state index contributed by atoms with van der Waals surface area (Å²) in [6, 6.07) is 17.7.